The molecule has 0 spiro atoms. The zero-order valence-electron chi connectivity index (χ0n) is 16.8. The number of hydrogen-bond acceptors (Lipinski definition) is 4. The Hall–Kier alpha value is -2.43. The SMILES string of the molecule is COc1ccc(CNc2ccc(OCCC3CCCCC3)cc2F)c(OC)c1. The van der Waals surface area contributed by atoms with E-state index in [0.29, 0.717) is 30.3 Å². The Bertz CT molecular complexity index is 760. The molecule has 1 N–H and O–H groups in total. The van der Waals surface area contributed by atoms with E-state index in [-0.39, 0.29) is 5.82 Å². The van der Waals surface area contributed by atoms with Gasteiger partial charge in [0.15, 0.2) is 0 Å². The zero-order valence-corrected chi connectivity index (χ0v) is 16.8. The topological polar surface area (TPSA) is 39.7 Å². The predicted octanol–water partition coefficient (Wildman–Crippen LogP) is 5.80. The molecule has 0 aromatic heterocycles. The number of ether oxygens (including phenoxy) is 3. The lowest BCUT2D eigenvalue weighted by Crippen LogP contribution is -2.11. The van der Waals surface area contributed by atoms with Crippen LogP contribution in [0.5, 0.6) is 17.2 Å². The summed E-state index contributed by atoms with van der Waals surface area (Å²) in [6, 6.07) is 10.6. The van der Waals surface area contributed by atoms with Gasteiger partial charge in [0.2, 0.25) is 0 Å². The van der Waals surface area contributed by atoms with Gasteiger partial charge in [0, 0.05) is 24.2 Å². The van der Waals surface area contributed by atoms with Gasteiger partial charge in [-0.1, -0.05) is 32.1 Å². The van der Waals surface area contributed by atoms with E-state index in [1.165, 1.54) is 38.2 Å². The summed E-state index contributed by atoms with van der Waals surface area (Å²) in [7, 11) is 3.22. The molecule has 0 unspecified atom stereocenters. The highest BCUT2D eigenvalue weighted by molar-refractivity contribution is 5.50. The first-order valence-corrected chi connectivity index (χ1v) is 10.1. The normalized spacial score (nSPS) is 14.5. The van der Waals surface area contributed by atoms with E-state index in [1.54, 1.807) is 20.3 Å². The van der Waals surface area contributed by atoms with Crippen molar-refractivity contribution in [3.63, 3.8) is 0 Å². The smallest absolute Gasteiger partial charge is 0.149 e. The predicted molar refractivity (Wildman–Crippen MR) is 110 cm³/mol. The molecule has 152 valence electrons. The van der Waals surface area contributed by atoms with Gasteiger partial charge in [0.1, 0.15) is 23.1 Å². The van der Waals surface area contributed by atoms with Crippen molar-refractivity contribution in [3.8, 4) is 17.2 Å². The van der Waals surface area contributed by atoms with E-state index < -0.39 is 0 Å². The molecule has 0 bridgehead atoms. The molecule has 4 nitrogen and oxygen atoms in total. The van der Waals surface area contributed by atoms with Crippen LogP contribution in [0.25, 0.3) is 0 Å². The van der Waals surface area contributed by atoms with E-state index in [1.807, 2.05) is 24.3 Å². The molecule has 0 heterocycles. The number of methoxy groups -OCH3 is 2. The molecular formula is C23H30FNO3. The van der Waals surface area contributed by atoms with Crippen molar-refractivity contribution in [2.24, 2.45) is 5.92 Å². The maximum Gasteiger partial charge on any atom is 0.149 e. The van der Waals surface area contributed by atoms with E-state index in [4.69, 9.17) is 14.2 Å². The molecule has 0 radical (unpaired) electrons. The molecule has 0 amide bonds. The Kier molecular flexibility index (Phi) is 7.40. The molecule has 0 aliphatic heterocycles. The standard InChI is InChI=1S/C23H30FNO3/c1-26-19-9-8-18(23(15-19)27-2)16-25-22-11-10-20(14-21(22)24)28-13-12-17-6-4-3-5-7-17/h8-11,14-15,17,25H,3-7,12-13,16H2,1-2H3. The van der Waals surface area contributed by atoms with E-state index >= 15 is 0 Å². The van der Waals surface area contributed by atoms with Crippen molar-refractivity contribution in [3.05, 3.63) is 47.8 Å². The van der Waals surface area contributed by atoms with Crippen LogP contribution in [0.1, 0.15) is 44.1 Å². The fraction of sp³-hybridized carbons (Fsp3) is 0.478. The van der Waals surface area contributed by atoms with Crippen molar-refractivity contribution >= 4 is 5.69 Å². The van der Waals surface area contributed by atoms with Gasteiger partial charge in [-0.25, -0.2) is 4.39 Å². The van der Waals surface area contributed by atoms with Gasteiger partial charge < -0.3 is 19.5 Å². The van der Waals surface area contributed by atoms with E-state index in [9.17, 15) is 4.39 Å². The number of anilines is 1. The lowest BCUT2D eigenvalue weighted by molar-refractivity contribution is 0.245. The molecule has 0 atom stereocenters. The number of nitrogens with one attached hydrogen (secondary N) is 1. The Morgan fingerprint density at radius 2 is 1.75 bits per heavy atom. The third-order valence-corrected chi connectivity index (χ3v) is 5.42. The van der Waals surface area contributed by atoms with Crippen molar-refractivity contribution in [1.29, 1.82) is 0 Å². The number of hydrogen-bond donors (Lipinski definition) is 1. The molecule has 1 fully saturated rings. The van der Waals surface area contributed by atoms with Gasteiger partial charge in [-0.3, -0.25) is 0 Å². The highest BCUT2D eigenvalue weighted by atomic mass is 19.1. The fourth-order valence-corrected chi connectivity index (χ4v) is 3.74. The minimum absolute atomic E-state index is 0.317. The molecule has 28 heavy (non-hydrogen) atoms. The molecule has 0 saturated heterocycles. The quantitative estimate of drug-likeness (QED) is 0.590. The van der Waals surface area contributed by atoms with Gasteiger partial charge in [0.25, 0.3) is 0 Å². The number of benzene rings is 2. The highest BCUT2D eigenvalue weighted by Crippen LogP contribution is 2.28. The van der Waals surface area contributed by atoms with Gasteiger partial charge in [-0.2, -0.15) is 0 Å². The first-order valence-electron chi connectivity index (χ1n) is 10.1. The van der Waals surface area contributed by atoms with Crippen molar-refractivity contribution in [2.75, 3.05) is 26.1 Å². The van der Waals surface area contributed by atoms with Crippen LogP contribution in [0.4, 0.5) is 10.1 Å². The third-order valence-electron chi connectivity index (χ3n) is 5.42. The van der Waals surface area contributed by atoms with Crippen molar-refractivity contribution in [1.82, 2.24) is 0 Å². The molecule has 2 aromatic rings. The van der Waals surface area contributed by atoms with Gasteiger partial charge in [-0.05, 0) is 36.6 Å². The summed E-state index contributed by atoms with van der Waals surface area (Å²) in [6.07, 6.45) is 7.68. The van der Waals surface area contributed by atoms with Crippen LogP contribution in [-0.4, -0.2) is 20.8 Å². The summed E-state index contributed by atoms with van der Waals surface area (Å²) < 4.78 is 30.8. The summed E-state index contributed by atoms with van der Waals surface area (Å²) in [6.45, 7) is 1.10. The van der Waals surface area contributed by atoms with Crippen LogP contribution in [-0.2, 0) is 6.54 Å². The summed E-state index contributed by atoms with van der Waals surface area (Å²) in [5, 5.41) is 3.13. The summed E-state index contributed by atoms with van der Waals surface area (Å²) >= 11 is 0. The number of rotatable bonds is 9. The molecule has 1 saturated carbocycles. The minimum Gasteiger partial charge on any atom is -0.497 e. The monoisotopic (exact) mass is 387 g/mol. The van der Waals surface area contributed by atoms with Crippen LogP contribution in [0.15, 0.2) is 36.4 Å². The van der Waals surface area contributed by atoms with E-state index in [0.717, 1.165) is 23.7 Å². The second kappa shape index (κ2) is 10.2. The molecule has 1 aliphatic rings. The zero-order chi connectivity index (χ0) is 19.8. The average Bonchev–Trinajstić information content (AvgIpc) is 2.74. The molecule has 3 rings (SSSR count). The second-order valence-corrected chi connectivity index (χ2v) is 7.31. The van der Waals surface area contributed by atoms with Crippen LogP contribution in [0, 0.1) is 11.7 Å². The first kappa shape index (κ1) is 20.3. The van der Waals surface area contributed by atoms with Crippen LogP contribution >= 0.6 is 0 Å². The number of halogens is 1. The van der Waals surface area contributed by atoms with Crippen LogP contribution < -0.4 is 19.5 Å². The minimum atomic E-state index is -0.317. The van der Waals surface area contributed by atoms with Gasteiger partial charge >= 0.3 is 0 Å². The fourth-order valence-electron chi connectivity index (χ4n) is 3.74. The Morgan fingerprint density at radius 1 is 0.964 bits per heavy atom. The first-order chi connectivity index (χ1) is 13.7. The van der Waals surface area contributed by atoms with E-state index in [2.05, 4.69) is 5.32 Å². The molecule has 1 aliphatic carbocycles. The average molecular weight is 387 g/mol. The summed E-state index contributed by atoms with van der Waals surface area (Å²) in [4.78, 5) is 0. The summed E-state index contributed by atoms with van der Waals surface area (Å²) in [5.41, 5.74) is 1.37. The largest absolute Gasteiger partial charge is 0.497 e. The molecule has 2 aromatic carbocycles. The Morgan fingerprint density at radius 3 is 2.46 bits per heavy atom. The van der Waals surface area contributed by atoms with Crippen LogP contribution in [0.3, 0.4) is 0 Å². The Balaban J connectivity index is 1.52. The highest BCUT2D eigenvalue weighted by Gasteiger charge is 2.13. The third kappa shape index (κ3) is 5.54. The summed E-state index contributed by atoms with van der Waals surface area (Å²) in [5.74, 6) is 2.46. The van der Waals surface area contributed by atoms with Gasteiger partial charge in [-0.15, -0.1) is 0 Å². The maximum absolute atomic E-state index is 14.4. The van der Waals surface area contributed by atoms with Crippen molar-refractivity contribution in [2.45, 2.75) is 45.1 Å². The lowest BCUT2D eigenvalue weighted by Gasteiger charge is -2.21. The maximum atomic E-state index is 14.4. The Labute approximate surface area is 167 Å². The lowest BCUT2D eigenvalue weighted by atomic mass is 9.87. The second-order valence-electron chi connectivity index (χ2n) is 7.31. The molecule has 5 heteroatoms. The van der Waals surface area contributed by atoms with Gasteiger partial charge in [0.05, 0.1) is 26.5 Å². The van der Waals surface area contributed by atoms with Crippen molar-refractivity contribution < 1.29 is 18.6 Å². The van der Waals surface area contributed by atoms with Crippen LogP contribution in [0.2, 0.25) is 0 Å². The molecular weight excluding hydrogens is 357 g/mol.